The standard InChI is InChI=1S/C14H14BF4NO2/c1-12(2)13(3,4)22-15(21-12)10-6-9(14(17,18)19)11(16)5-8(10)7-20/h5-6H,1-4H3. The van der Waals surface area contributed by atoms with Crippen molar-refractivity contribution < 1.29 is 26.9 Å². The molecule has 0 aliphatic carbocycles. The Bertz CT molecular complexity index is 633. The SMILES string of the molecule is CC1(C)OB(c2cc(C(F)(F)F)c(F)cc2C#N)OC1(C)C. The molecule has 0 N–H and O–H groups in total. The second kappa shape index (κ2) is 4.96. The van der Waals surface area contributed by atoms with E-state index in [-0.39, 0.29) is 11.0 Å². The van der Waals surface area contributed by atoms with Gasteiger partial charge in [0.05, 0.1) is 28.4 Å². The fourth-order valence-electron chi connectivity index (χ4n) is 2.07. The Labute approximate surface area is 126 Å². The molecule has 1 aliphatic rings. The predicted molar refractivity (Wildman–Crippen MR) is 71.8 cm³/mol. The molecule has 1 fully saturated rings. The Hall–Kier alpha value is -1.59. The number of hydrogen-bond acceptors (Lipinski definition) is 3. The van der Waals surface area contributed by atoms with Crippen LogP contribution in [0.5, 0.6) is 0 Å². The summed E-state index contributed by atoms with van der Waals surface area (Å²) >= 11 is 0. The van der Waals surface area contributed by atoms with E-state index in [1.165, 1.54) is 0 Å². The van der Waals surface area contributed by atoms with Crippen LogP contribution in [0.15, 0.2) is 12.1 Å². The molecular formula is C14H14BF4NO2. The molecule has 0 unspecified atom stereocenters. The van der Waals surface area contributed by atoms with E-state index in [2.05, 4.69) is 0 Å². The topological polar surface area (TPSA) is 42.2 Å². The van der Waals surface area contributed by atoms with Gasteiger partial charge in [-0.3, -0.25) is 0 Å². The van der Waals surface area contributed by atoms with Crippen molar-refractivity contribution in [3.05, 3.63) is 29.1 Å². The maximum atomic E-state index is 13.6. The first-order valence-electron chi connectivity index (χ1n) is 6.55. The summed E-state index contributed by atoms with van der Waals surface area (Å²) in [6.07, 6.45) is -4.86. The molecule has 0 radical (unpaired) electrons. The van der Waals surface area contributed by atoms with E-state index in [4.69, 9.17) is 14.6 Å². The van der Waals surface area contributed by atoms with Crippen LogP contribution >= 0.6 is 0 Å². The van der Waals surface area contributed by atoms with Gasteiger partial charge in [-0.05, 0) is 39.8 Å². The molecule has 1 saturated heterocycles. The third-order valence-corrected chi connectivity index (χ3v) is 4.07. The van der Waals surface area contributed by atoms with Crippen LogP contribution in [0.1, 0.15) is 38.8 Å². The van der Waals surface area contributed by atoms with E-state index < -0.39 is 35.9 Å². The van der Waals surface area contributed by atoms with Crippen LogP contribution in [-0.2, 0) is 15.5 Å². The van der Waals surface area contributed by atoms with Crippen molar-refractivity contribution >= 4 is 12.6 Å². The van der Waals surface area contributed by atoms with Crippen molar-refractivity contribution in [1.29, 1.82) is 5.26 Å². The maximum Gasteiger partial charge on any atom is 0.496 e. The quantitative estimate of drug-likeness (QED) is 0.591. The maximum absolute atomic E-state index is 13.6. The van der Waals surface area contributed by atoms with Crippen LogP contribution in [0.3, 0.4) is 0 Å². The molecule has 22 heavy (non-hydrogen) atoms. The zero-order valence-electron chi connectivity index (χ0n) is 12.5. The first-order valence-corrected chi connectivity index (χ1v) is 6.55. The average Bonchev–Trinajstić information content (AvgIpc) is 2.56. The smallest absolute Gasteiger partial charge is 0.399 e. The van der Waals surface area contributed by atoms with Crippen LogP contribution < -0.4 is 5.46 Å². The van der Waals surface area contributed by atoms with Crippen molar-refractivity contribution in [2.24, 2.45) is 0 Å². The Morgan fingerprint density at radius 2 is 1.59 bits per heavy atom. The highest BCUT2D eigenvalue weighted by atomic mass is 19.4. The van der Waals surface area contributed by atoms with Crippen LogP contribution in [0.4, 0.5) is 17.6 Å². The van der Waals surface area contributed by atoms with Gasteiger partial charge in [0, 0.05) is 5.46 Å². The molecule has 3 nitrogen and oxygen atoms in total. The molecule has 0 bridgehead atoms. The third-order valence-electron chi connectivity index (χ3n) is 4.07. The summed E-state index contributed by atoms with van der Waals surface area (Å²) in [5.41, 5.74) is -3.39. The fraction of sp³-hybridized carbons (Fsp3) is 0.500. The molecule has 118 valence electrons. The monoisotopic (exact) mass is 315 g/mol. The lowest BCUT2D eigenvalue weighted by Crippen LogP contribution is -2.41. The number of halogens is 4. The lowest BCUT2D eigenvalue weighted by molar-refractivity contribution is -0.139. The van der Waals surface area contributed by atoms with E-state index >= 15 is 0 Å². The van der Waals surface area contributed by atoms with E-state index in [1.54, 1.807) is 33.8 Å². The number of nitriles is 1. The van der Waals surface area contributed by atoms with Gasteiger partial charge in [0.1, 0.15) is 5.82 Å². The summed E-state index contributed by atoms with van der Waals surface area (Å²) in [6, 6.07) is 2.82. The second-order valence-electron chi connectivity index (χ2n) is 6.12. The van der Waals surface area contributed by atoms with E-state index in [0.29, 0.717) is 12.1 Å². The van der Waals surface area contributed by atoms with E-state index in [1.807, 2.05) is 0 Å². The lowest BCUT2D eigenvalue weighted by atomic mass is 9.75. The van der Waals surface area contributed by atoms with Gasteiger partial charge in [-0.1, -0.05) is 0 Å². The van der Waals surface area contributed by atoms with Gasteiger partial charge in [0.15, 0.2) is 0 Å². The molecule has 0 amide bonds. The lowest BCUT2D eigenvalue weighted by Gasteiger charge is -2.32. The van der Waals surface area contributed by atoms with Crippen LogP contribution in [0.2, 0.25) is 0 Å². The molecule has 1 heterocycles. The first kappa shape index (κ1) is 16.8. The molecule has 0 saturated carbocycles. The van der Waals surface area contributed by atoms with E-state index in [0.717, 1.165) is 0 Å². The van der Waals surface area contributed by atoms with Gasteiger partial charge in [0.2, 0.25) is 0 Å². The second-order valence-corrected chi connectivity index (χ2v) is 6.12. The fourth-order valence-corrected chi connectivity index (χ4v) is 2.07. The predicted octanol–water partition coefficient (Wildman–Crippen LogP) is 3.02. The van der Waals surface area contributed by atoms with Crippen molar-refractivity contribution in [2.45, 2.75) is 45.1 Å². The van der Waals surface area contributed by atoms with Gasteiger partial charge < -0.3 is 9.31 Å². The molecule has 8 heteroatoms. The Morgan fingerprint density at radius 3 is 2.00 bits per heavy atom. The zero-order valence-corrected chi connectivity index (χ0v) is 12.5. The highest BCUT2D eigenvalue weighted by molar-refractivity contribution is 6.62. The number of rotatable bonds is 1. The minimum absolute atomic E-state index is 0.130. The van der Waals surface area contributed by atoms with Crippen molar-refractivity contribution in [2.75, 3.05) is 0 Å². The molecule has 0 spiro atoms. The largest absolute Gasteiger partial charge is 0.496 e. The first-order chi connectivity index (χ1) is 9.89. The molecule has 1 aliphatic heterocycles. The van der Waals surface area contributed by atoms with Gasteiger partial charge in [0.25, 0.3) is 0 Å². The number of nitrogens with zero attached hydrogens (tertiary/aromatic N) is 1. The molecule has 1 aromatic carbocycles. The van der Waals surface area contributed by atoms with Crippen LogP contribution in [0, 0.1) is 17.1 Å². The summed E-state index contributed by atoms with van der Waals surface area (Å²) in [4.78, 5) is 0. The summed E-state index contributed by atoms with van der Waals surface area (Å²) < 4.78 is 63.4. The Kier molecular flexibility index (Phi) is 3.79. The number of alkyl halides is 3. The summed E-state index contributed by atoms with van der Waals surface area (Å²) in [6.45, 7) is 6.92. The van der Waals surface area contributed by atoms with Crippen molar-refractivity contribution in [3.63, 3.8) is 0 Å². The Morgan fingerprint density at radius 1 is 1.09 bits per heavy atom. The van der Waals surface area contributed by atoms with Crippen LogP contribution in [0.25, 0.3) is 0 Å². The molecular weight excluding hydrogens is 301 g/mol. The summed E-state index contributed by atoms with van der Waals surface area (Å²) in [5, 5.41) is 9.05. The Balaban J connectivity index is 2.55. The number of hydrogen-bond donors (Lipinski definition) is 0. The van der Waals surface area contributed by atoms with Crippen LogP contribution in [-0.4, -0.2) is 18.3 Å². The van der Waals surface area contributed by atoms with Crippen molar-refractivity contribution in [1.82, 2.24) is 0 Å². The molecule has 2 rings (SSSR count). The number of benzene rings is 1. The molecule has 1 aromatic rings. The minimum Gasteiger partial charge on any atom is -0.399 e. The molecule has 0 aromatic heterocycles. The third kappa shape index (κ3) is 2.71. The summed E-state index contributed by atoms with van der Waals surface area (Å²) in [7, 11) is -1.17. The van der Waals surface area contributed by atoms with Crippen molar-refractivity contribution in [3.8, 4) is 6.07 Å². The van der Waals surface area contributed by atoms with E-state index in [9.17, 15) is 17.6 Å². The van der Waals surface area contributed by atoms with Gasteiger partial charge in [-0.25, -0.2) is 4.39 Å². The highest BCUT2D eigenvalue weighted by Gasteiger charge is 2.52. The normalized spacial score (nSPS) is 20.0. The van der Waals surface area contributed by atoms with Gasteiger partial charge in [-0.15, -0.1) is 0 Å². The zero-order chi connectivity index (χ0) is 16.9. The van der Waals surface area contributed by atoms with Gasteiger partial charge in [-0.2, -0.15) is 18.4 Å². The summed E-state index contributed by atoms with van der Waals surface area (Å²) in [5.74, 6) is -1.50. The average molecular weight is 315 g/mol. The van der Waals surface area contributed by atoms with Gasteiger partial charge >= 0.3 is 13.3 Å². The minimum atomic E-state index is -4.86. The highest BCUT2D eigenvalue weighted by Crippen LogP contribution is 2.37. The molecule has 0 atom stereocenters.